The molecule has 4 aromatic rings. The molecule has 12 heteroatoms. The summed E-state index contributed by atoms with van der Waals surface area (Å²) < 4.78 is 22.9. The number of ether oxygens (including phenoxy) is 4. The molecule has 0 amide bonds. The molecule has 0 saturated carbocycles. The molecule has 39 heavy (non-hydrogen) atoms. The molecule has 9 nitrogen and oxygen atoms in total. The van der Waals surface area contributed by atoms with Crippen molar-refractivity contribution in [3.63, 3.8) is 0 Å². The summed E-state index contributed by atoms with van der Waals surface area (Å²) in [7, 11) is 4.63. The first-order valence-electron chi connectivity index (χ1n) is 11.3. The Morgan fingerprint density at radius 3 is 2.44 bits per heavy atom. The Hall–Kier alpha value is -3.42. The van der Waals surface area contributed by atoms with Crippen LogP contribution in [0.15, 0.2) is 64.7 Å². The molecule has 3 aromatic carbocycles. The van der Waals surface area contributed by atoms with E-state index in [1.807, 2.05) is 18.2 Å². The number of methoxy groups -OCH3 is 3. The van der Waals surface area contributed by atoms with Gasteiger partial charge in [-0.15, -0.1) is 5.10 Å². The zero-order valence-corrected chi connectivity index (χ0v) is 24.8. The average Bonchev–Trinajstić information content (AvgIpc) is 3.41. The minimum Gasteiger partial charge on any atom is -0.497 e. The van der Waals surface area contributed by atoms with Gasteiger partial charge < -0.3 is 24.1 Å². The number of hydrogen-bond acceptors (Lipinski definition) is 8. The lowest BCUT2D eigenvalue weighted by Gasteiger charge is -2.14. The first-order valence-corrected chi connectivity index (χ1v) is 13.6. The van der Waals surface area contributed by atoms with Gasteiger partial charge in [0.15, 0.2) is 17.3 Å². The number of aliphatic carboxylic acids is 1. The molecule has 1 heterocycles. The van der Waals surface area contributed by atoms with Crippen LogP contribution < -0.4 is 18.9 Å². The first kappa shape index (κ1) is 28.6. The van der Waals surface area contributed by atoms with E-state index in [-0.39, 0.29) is 16.7 Å². The normalized spacial score (nSPS) is 11.3. The van der Waals surface area contributed by atoms with Crippen LogP contribution in [-0.2, 0) is 11.4 Å². The van der Waals surface area contributed by atoms with Crippen LogP contribution in [0.5, 0.6) is 23.0 Å². The summed E-state index contributed by atoms with van der Waals surface area (Å²) in [5.74, 6) is 1.49. The molecule has 0 fully saturated rings. The number of nitrogens with one attached hydrogen (secondary N) is 1. The molecular formula is C27H23ClIN3O6S. The molecule has 1 aromatic heterocycles. The fourth-order valence-corrected chi connectivity index (χ4v) is 5.16. The summed E-state index contributed by atoms with van der Waals surface area (Å²) in [4.78, 5) is 16.6. The van der Waals surface area contributed by atoms with Crippen LogP contribution in [0.2, 0.25) is 5.02 Å². The molecule has 4 rings (SSSR count). The minimum absolute atomic E-state index is 0.0198. The zero-order valence-electron chi connectivity index (χ0n) is 21.0. The largest absolute Gasteiger partial charge is 0.497 e. The number of carboxylic acid groups (broad SMARTS) is 1. The van der Waals surface area contributed by atoms with Gasteiger partial charge in [0.25, 0.3) is 0 Å². The molecule has 0 aliphatic heterocycles. The van der Waals surface area contributed by atoms with Gasteiger partial charge in [-0.05, 0) is 76.3 Å². The van der Waals surface area contributed by atoms with Crippen LogP contribution in [-0.4, -0.2) is 47.6 Å². The van der Waals surface area contributed by atoms with Crippen molar-refractivity contribution in [2.24, 2.45) is 0 Å². The van der Waals surface area contributed by atoms with Gasteiger partial charge in [-0.3, -0.25) is 5.10 Å². The predicted molar refractivity (Wildman–Crippen MR) is 158 cm³/mol. The number of aromatic nitrogens is 3. The minimum atomic E-state index is -1.12. The third-order valence-corrected chi connectivity index (χ3v) is 7.43. The van der Waals surface area contributed by atoms with Crippen molar-refractivity contribution in [1.29, 1.82) is 0 Å². The standard InChI is InChI=1S/C27H23ClIN3O6S/c1-35-18-11-17(12-19(13-18)36-2)25-30-27(32-31-25)39-23(26(33)34)10-15-8-21(29)24(22(9-15)37-3)38-14-16-6-4-5-7-20(16)28/h4-13H,14H2,1-3H3,(H,33,34)(H,30,31,32)/b23-10-. The number of H-pyrrole nitrogens is 1. The third kappa shape index (κ3) is 7.16. The van der Waals surface area contributed by atoms with E-state index in [0.717, 1.165) is 20.9 Å². The molecule has 0 bridgehead atoms. The van der Waals surface area contributed by atoms with E-state index in [9.17, 15) is 9.90 Å². The van der Waals surface area contributed by atoms with Crippen molar-refractivity contribution in [2.75, 3.05) is 21.3 Å². The van der Waals surface area contributed by atoms with Crippen molar-refractivity contribution >= 4 is 58.0 Å². The van der Waals surface area contributed by atoms with Crippen LogP contribution >= 0.6 is 46.0 Å². The highest BCUT2D eigenvalue weighted by Gasteiger charge is 2.17. The lowest BCUT2D eigenvalue weighted by molar-refractivity contribution is -0.131. The Bertz CT molecular complexity index is 1510. The Balaban J connectivity index is 1.57. The van der Waals surface area contributed by atoms with Gasteiger partial charge in [-0.2, -0.15) is 0 Å². The number of carbonyl (C=O) groups is 1. The summed E-state index contributed by atoms with van der Waals surface area (Å²) in [6.45, 7) is 0.254. The number of nitrogens with zero attached hydrogens (tertiary/aromatic N) is 2. The van der Waals surface area contributed by atoms with Crippen LogP contribution in [0.4, 0.5) is 0 Å². The number of aromatic amines is 1. The van der Waals surface area contributed by atoms with Gasteiger partial charge in [0.1, 0.15) is 23.0 Å². The van der Waals surface area contributed by atoms with Crippen molar-refractivity contribution in [3.05, 3.63) is 79.2 Å². The summed E-state index contributed by atoms with van der Waals surface area (Å²) in [5, 5.41) is 17.7. The van der Waals surface area contributed by atoms with E-state index in [1.165, 1.54) is 13.2 Å². The zero-order chi connectivity index (χ0) is 27.9. The van der Waals surface area contributed by atoms with Gasteiger partial charge >= 0.3 is 5.97 Å². The second-order valence-corrected chi connectivity index (χ2v) is 10.5. The number of benzene rings is 3. The molecule has 0 radical (unpaired) electrons. The maximum atomic E-state index is 12.1. The lowest BCUT2D eigenvalue weighted by Crippen LogP contribution is -2.01. The highest BCUT2D eigenvalue weighted by molar-refractivity contribution is 14.1. The molecule has 0 aliphatic rings. The Kier molecular flexibility index (Phi) is 9.59. The first-order chi connectivity index (χ1) is 18.8. The molecule has 0 spiro atoms. The van der Waals surface area contributed by atoms with E-state index >= 15 is 0 Å². The van der Waals surface area contributed by atoms with E-state index in [4.69, 9.17) is 30.5 Å². The van der Waals surface area contributed by atoms with Crippen LogP contribution in [0.3, 0.4) is 0 Å². The van der Waals surface area contributed by atoms with Crippen molar-refractivity contribution in [1.82, 2.24) is 15.2 Å². The molecular weight excluding hydrogens is 657 g/mol. The molecule has 202 valence electrons. The number of rotatable bonds is 11. The van der Waals surface area contributed by atoms with Crippen LogP contribution in [0.25, 0.3) is 17.5 Å². The lowest BCUT2D eigenvalue weighted by atomic mass is 10.2. The maximum absolute atomic E-state index is 12.1. The molecule has 0 atom stereocenters. The SMILES string of the molecule is COc1cc(OC)cc(-c2nc(S/C(=C\c3cc(I)c(OCc4ccccc4Cl)c(OC)c3)C(=O)O)n[nH]2)c1. The molecule has 2 N–H and O–H groups in total. The highest BCUT2D eigenvalue weighted by Crippen LogP contribution is 2.37. The van der Waals surface area contributed by atoms with Gasteiger partial charge in [0.2, 0.25) is 5.16 Å². The van der Waals surface area contributed by atoms with Gasteiger partial charge in [0, 0.05) is 22.2 Å². The Morgan fingerprint density at radius 2 is 1.79 bits per heavy atom. The average molecular weight is 680 g/mol. The van der Waals surface area contributed by atoms with Crippen molar-refractivity contribution in [2.45, 2.75) is 11.8 Å². The fourth-order valence-electron chi connectivity index (χ4n) is 3.48. The second-order valence-electron chi connectivity index (χ2n) is 7.90. The van der Waals surface area contributed by atoms with E-state index in [1.54, 1.807) is 50.6 Å². The maximum Gasteiger partial charge on any atom is 0.342 e. The second kappa shape index (κ2) is 13.1. The monoisotopic (exact) mass is 679 g/mol. The number of thioether (sulfide) groups is 1. The topological polar surface area (TPSA) is 116 Å². The van der Waals surface area contributed by atoms with Crippen molar-refractivity contribution < 1.29 is 28.8 Å². The van der Waals surface area contributed by atoms with Gasteiger partial charge in [-0.25, -0.2) is 9.78 Å². The number of carboxylic acids is 1. The van der Waals surface area contributed by atoms with E-state index < -0.39 is 5.97 Å². The Labute approximate surface area is 247 Å². The fraction of sp³-hybridized carbons (Fsp3) is 0.148. The number of halogens is 2. The molecule has 0 saturated heterocycles. The summed E-state index contributed by atoms with van der Waals surface area (Å²) in [6, 6.07) is 16.2. The van der Waals surface area contributed by atoms with Crippen LogP contribution in [0, 0.1) is 3.57 Å². The van der Waals surface area contributed by atoms with E-state index in [2.05, 4.69) is 37.8 Å². The Morgan fingerprint density at radius 1 is 1.08 bits per heavy atom. The summed E-state index contributed by atoms with van der Waals surface area (Å²) in [6.07, 6.45) is 1.53. The van der Waals surface area contributed by atoms with Crippen molar-refractivity contribution in [3.8, 4) is 34.4 Å². The molecule has 0 unspecified atom stereocenters. The smallest absolute Gasteiger partial charge is 0.342 e. The quantitative estimate of drug-likeness (QED) is 0.103. The highest BCUT2D eigenvalue weighted by atomic mass is 127. The number of hydrogen-bond donors (Lipinski definition) is 2. The van der Waals surface area contributed by atoms with Gasteiger partial charge in [0.05, 0.1) is 24.9 Å². The van der Waals surface area contributed by atoms with E-state index in [0.29, 0.717) is 45.0 Å². The van der Waals surface area contributed by atoms with Crippen LogP contribution in [0.1, 0.15) is 11.1 Å². The third-order valence-electron chi connectivity index (χ3n) is 5.38. The van der Waals surface area contributed by atoms with Gasteiger partial charge in [-0.1, -0.05) is 29.8 Å². The molecule has 0 aliphatic carbocycles. The summed E-state index contributed by atoms with van der Waals surface area (Å²) >= 11 is 9.28. The predicted octanol–water partition coefficient (Wildman–Crippen LogP) is 6.55. The summed E-state index contributed by atoms with van der Waals surface area (Å²) in [5.41, 5.74) is 2.13.